The van der Waals surface area contributed by atoms with Gasteiger partial charge in [0.15, 0.2) is 0 Å². The maximum atomic E-state index is 11.8. The number of aromatic nitrogens is 1. The highest BCUT2D eigenvalue weighted by molar-refractivity contribution is 6.31. The quantitative estimate of drug-likeness (QED) is 0.843. The third-order valence-corrected chi connectivity index (χ3v) is 2.75. The lowest BCUT2D eigenvalue weighted by Gasteiger charge is -2.09. The maximum absolute atomic E-state index is 11.8. The highest BCUT2D eigenvalue weighted by Gasteiger charge is 2.27. The second kappa shape index (κ2) is 4.47. The number of amides is 1. The van der Waals surface area contributed by atoms with Crippen molar-refractivity contribution in [1.29, 1.82) is 0 Å². The van der Waals surface area contributed by atoms with E-state index in [9.17, 15) is 4.79 Å². The number of nitrogens with one attached hydrogen (secondary N) is 1. The van der Waals surface area contributed by atoms with Crippen molar-refractivity contribution in [3.05, 3.63) is 23.0 Å². The Kier molecular flexibility index (Phi) is 3.21. The SMILES string of the molecule is C[C@@H](O)CNC(=O)c1cc(Cl)cn1C1CC1. The van der Waals surface area contributed by atoms with Crippen LogP contribution in [0.15, 0.2) is 12.3 Å². The summed E-state index contributed by atoms with van der Waals surface area (Å²) in [5.41, 5.74) is 0.577. The van der Waals surface area contributed by atoms with Crippen molar-refractivity contribution >= 4 is 17.5 Å². The van der Waals surface area contributed by atoms with Gasteiger partial charge in [-0.1, -0.05) is 11.6 Å². The first kappa shape index (κ1) is 11.5. The van der Waals surface area contributed by atoms with Crippen LogP contribution >= 0.6 is 11.6 Å². The third-order valence-electron chi connectivity index (χ3n) is 2.55. The molecule has 1 atom stereocenters. The van der Waals surface area contributed by atoms with E-state index in [2.05, 4.69) is 5.32 Å². The summed E-state index contributed by atoms with van der Waals surface area (Å²) in [5, 5.41) is 12.3. The second-order valence-electron chi connectivity index (χ2n) is 4.24. The Bertz CT molecular complexity index is 397. The average Bonchev–Trinajstić information content (AvgIpc) is 2.98. The fraction of sp³-hybridized carbons (Fsp3) is 0.545. The van der Waals surface area contributed by atoms with Crippen LogP contribution in [-0.4, -0.2) is 28.2 Å². The number of rotatable bonds is 4. The molecule has 4 nitrogen and oxygen atoms in total. The summed E-state index contributed by atoms with van der Waals surface area (Å²) in [6, 6.07) is 2.08. The average molecular weight is 243 g/mol. The van der Waals surface area contributed by atoms with Gasteiger partial charge in [0, 0.05) is 18.8 Å². The van der Waals surface area contributed by atoms with E-state index in [4.69, 9.17) is 16.7 Å². The smallest absolute Gasteiger partial charge is 0.268 e. The highest BCUT2D eigenvalue weighted by Crippen LogP contribution is 2.37. The molecular weight excluding hydrogens is 228 g/mol. The fourth-order valence-corrected chi connectivity index (χ4v) is 1.82. The Balaban J connectivity index is 2.09. The minimum atomic E-state index is -0.538. The van der Waals surface area contributed by atoms with Crippen molar-refractivity contribution in [1.82, 2.24) is 9.88 Å². The summed E-state index contributed by atoms with van der Waals surface area (Å²) in [6.07, 6.45) is 3.45. The van der Waals surface area contributed by atoms with Gasteiger partial charge in [0.25, 0.3) is 5.91 Å². The van der Waals surface area contributed by atoms with Gasteiger partial charge in [-0.25, -0.2) is 0 Å². The van der Waals surface area contributed by atoms with E-state index in [-0.39, 0.29) is 12.5 Å². The van der Waals surface area contributed by atoms with E-state index in [1.807, 2.05) is 4.57 Å². The van der Waals surface area contributed by atoms with Crippen molar-refractivity contribution in [2.45, 2.75) is 31.9 Å². The Morgan fingerprint density at radius 2 is 2.44 bits per heavy atom. The van der Waals surface area contributed by atoms with Gasteiger partial charge >= 0.3 is 0 Å². The predicted molar refractivity (Wildman–Crippen MR) is 61.7 cm³/mol. The topological polar surface area (TPSA) is 54.3 Å². The summed E-state index contributed by atoms with van der Waals surface area (Å²) in [7, 11) is 0. The molecule has 0 aromatic carbocycles. The highest BCUT2D eigenvalue weighted by atomic mass is 35.5. The number of hydrogen-bond acceptors (Lipinski definition) is 2. The minimum absolute atomic E-state index is 0.181. The van der Waals surface area contributed by atoms with Crippen molar-refractivity contribution in [3.8, 4) is 0 Å². The van der Waals surface area contributed by atoms with Crippen molar-refractivity contribution in [3.63, 3.8) is 0 Å². The molecule has 1 aliphatic rings. The van der Waals surface area contributed by atoms with Crippen LogP contribution in [0.4, 0.5) is 0 Å². The molecule has 1 amide bonds. The van der Waals surface area contributed by atoms with E-state index >= 15 is 0 Å². The zero-order valence-corrected chi connectivity index (χ0v) is 9.87. The Labute approximate surface area is 99.2 Å². The molecule has 0 saturated heterocycles. The molecule has 0 unspecified atom stereocenters. The van der Waals surface area contributed by atoms with Gasteiger partial charge in [-0.15, -0.1) is 0 Å². The molecule has 0 radical (unpaired) electrons. The standard InChI is InChI=1S/C11H15ClN2O2/c1-7(15)5-13-11(16)10-4-8(12)6-14(10)9-2-3-9/h4,6-7,9,15H,2-3,5H2,1H3,(H,13,16)/t7-/m1/s1. The number of aliphatic hydroxyl groups is 1. The first-order chi connectivity index (χ1) is 7.58. The number of hydrogen-bond donors (Lipinski definition) is 2. The lowest BCUT2D eigenvalue weighted by molar-refractivity contribution is 0.0914. The van der Waals surface area contributed by atoms with Crippen molar-refractivity contribution in [2.75, 3.05) is 6.54 Å². The molecule has 0 spiro atoms. The molecular formula is C11H15ClN2O2. The monoisotopic (exact) mass is 242 g/mol. The van der Waals surface area contributed by atoms with Gasteiger partial charge in [0.2, 0.25) is 0 Å². The summed E-state index contributed by atoms with van der Waals surface area (Å²) >= 11 is 5.89. The summed E-state index contributed by atoms with van der Waals surface area (Å²) in [4.78, 5) is 11.8. The van der Waals surface area contributed by atoms with Crippen LogP contribution in [0.2, 0.25) is 5.02 Å². The lowest BCUT2D eigenvalue weighted by Crippen LogP contribution is -2.31. The second-order valence-corrected chi connectivity index (χ2v) is 4.68. The summed E-state index contributed by atoms with van der Waals surface area (Å²) in [6.45, 7) is 1.89. The molecule has 2 N–H and O–H groups in total. The molecule has 1 aromatic heterocycles. The number of carbonyl (C=O) groups is 1. The minimum Gasteiger partial charge on any atom is -0.392 e. The van der Waals surface area contributed by atoms with Gasteiger partial charge in [-0.3, -0.25) is 4.79 Å². The Morgan fingerprint density at radius 3 is 3.00 bits per heavy atom. The Morgan fingerprint density at radius 1 is 1.75 bits per heavy atom. The van der Waals surface area contributed by atoms with Crippen LogP contribution < -0.4 is 5.32 Å². The molecule has 1 aliphatic carbocycles. The molecule has 2 rings (SSSR count). The number of carbonyl (C=O) groups excluding carboxylic acids is 1. The molecule has 0 aliphatic heterocycles. The van der Waals surface area contributed by atoms with Gasteiger partial charge in [-0.05, 0) is 25.8 Å². The zero-order chi connectivity index (χ0) is 11.7. The zero-order valence-electron chi connectivity index (χ0n) is 9.11. The van der Waals surface area contributed by atoms with Crippen LogP contribution in [0.5, 0.6) is 0 Å². The van der Waals surface area contributed by atoms with Crippen LogP contribution in [0, 0.1) is 0 Å². The molecule has 1 fully saturated rings. The van der Waals surface area contributed by atoms with Gasteiger partial charge in [0.1, 0.15) is 5.69 Å². The number of nitrogens with zero attached hydrogens (tertiary/aromatic N) is 1. The van der Waals surface area contributed by atoms with Crippen molar-refractivity contribution in [2.24, 2.45) is 0 Å². The van der Waals surface area contributed by atoms with E-state index in [1.165, 1.54) is 0 Å². The van der Waals surface area contributed by atoms with Crippen molar-refractivity contribution < 1.29 is 9.90 Å². The van der Waals surface area contributed by atoms with Gasteiger partial charge < -0.3 is 15.0 Å². The normalized spacial score (nSPS) is 17.2. The van der Waals surface area contributed by atoms with Gasteiger partial charge in [0.05, 0.1) is 11.1 Å². The molecule has 1 saturated carbocycles. The third kappa shape index (κ3) is 2.57. The van der Waals surface area contributed by atoms with Crippen LogP contribution in [0.3, 0.4) is 0 Å². The number of aliphatic hydroxyl groups excluding tert-OH is 1. The summed E-state index contributed by atoms with van der Waals surface area (Å²) in [5.74, 6) is -0.181. The number of halogens is 1. The molecule has 16 heavy (non-hydrogen) atoms. The largest absolute Gasteiger partial charge is 0.392 e. The van der Waals surface area contributed by atoms with Crippen LogP contribution in [0.25, 0.3) is 0 Å². The first-order valence-corrected chi connectivity index (χ1v) is 5.79. The molecule has 88 valence electrons. The van der Waals surface area contributed by atoms with Crippen LogP contribution in [0.1, 0.15) is 36.3 Å². The summed E-state index contributed by atoms with van der Waals surface area (Å²) < 4.78 is 1.92. The lowest BCUT2D eigenvalue weighted by atomic mass is 10.3. The van der Waals surface area contributed by atoms with E-state index in [0.29, 0.717) is 16.8 Å². The molecule has 1 aromatic rings. The fourth-order valence-electron chi connectivity index (χ4n) is 1.61. The Hall–Kier alpha value is -1.00. The molecule has 5 heteroatoms. The predicted octanol–water partition coefficient (Wildman–Crippen LogP) is 1.59. The van der Waals surface area contributed by atoms with E-state index in [0.717, 1.165) is 12.8 Å². The molecule has 0 bridgehead atoms. The maximum Gasteiger partial charge on any atom is 0.268 e. The first-order valence-electron chi connectivity index (χ1n) is 5.41. The van der Waals surface area contributed by atoms with Crippen LogP contribution in [-0.2, 0) is 0 Å². The van der Waals surface area contributed by atoms with E-state index < -0.39 is 6.10 Å². The van der Waals surface area contributed by atoms with E-state index in [1.54, 1.807) is 19.2 Å². The molecule has 1 heterocycles. The van der Waals surface area contributed by atoms with Gasteiger partial charge in [-0.2, -0.15) is 0 Å².